The number of carbonyl (C=O) groups is 1. The predicted molar refractivity (Wildman–Crippen MR) is 74.3 cm³/mol. The van der Waals surface area contributed by atoms with E-state index >= 15 is 0 Å². The molecule has 1 unspecified atom stereocenters. The molecule has 1 aliphatic heterocycles. The molecule has 3 rings (SSSR count). The number of piperidine rings is 1. The van der Waals surface area contributed by atoms with E-state index in [1.54, 1.807) is 4.90 Å². The number of aliphatic hydroxyl groups excluding tert-OH is 1. The molecule has 1 heterocycles. The number of benzene rings is 1. The Bertz CT molecular complexity index is 577. The molecular formula is C16H18F3NO2. The van der Waals surface area contributed by atoms with Gasteiger partial charge >= 0.3 is 6.18 Å². The van der Waals surface area contributed by atoms with Crippen LogP contribution in [-0.4, -0.2) is 35.1 Å². The first-order valence-corrected chi connectivity index (χ1v) is 7.46. The van der Waals surface area contributed by atoms with E-state index in [4.69, 9.17) is 0 Å². The largest absolute Gasteiger partial charge is 0.416 e. The number of hydrogen-bond donors (Lipinski definition) is 1. The van der Waals surface area contributed by atoms with Gasteiger partial charge in [0.05, 0.1) is 11.7 Å². The van der Waals surface area contributed by atoms with Crippen LogP contribution in [0.15, 0.2) is 24.3 Å². The van der Waals surface area contributed by atoms with Gasteiger partial charge in [-0.3, -0.25) is 4.79 Å². The Morgan fingerprint density at radius 3 is 2.41 bits per heavy atom. The van der Waals surface area contributed by atoms with Crippen molar-refractivity contribution in [1.82, 2.24) is 4.90 Å². The maximum atomic E-state index is 12.7. The molecule has 1 atom stereocenters. The highest BCUT2D eigenvalue weighted by atomic mass is 19.4. The third-order valence-corrected chi connectivity index (χ3v) is 5.11. The van der Waals surface area contributed by atoms with Gasteiger partial charge in [0.2, 0.25) is 0 Å². The normalized spacial score (nSPS) is 24.2. The van der Waals surface area contributed by atoms with Crippen LogP contribution < -0.4 is 0 Å². The zero-order valence-corrected chi connectivity index (χ0v) is 12.1. The fourth-order valence-corrected chi connectivity index (χ4v) is 3.43. The number of hydrogen-bond acceptors (Lipinski definition) is 2. The fraction of sp³-hybridized carbons (Fsp3) is 0.562. The Hall–Kier alpha value is -1.56. The second-order valence-corrected chi connectivity index (χ2v) is 6.29. The molecular weight excluding hydrogens is 295 g/mol. The van der Waals surface area contributed by atoms with Crippen molar-refractivity contribution in [2.75, 3.05) is 13.1 Å². The summed E-state index contributed by atoms with van der Waals surface area (Å²) in [6, 6.07) is 4.55. The number of carbonyl (C=O) groups excluding carboxylic acids is 1. The standard InChI is InChI=1S/C16H18F3NO2/c17-16(18,19)12-3-1-2-11(10-12)14(22)20-8-6-15(7-9-20)5-4-13(15)21/h1-3,10,13,21H,4-9H2. The Morgan fingerprint density at radius 2 is 1.91 bits per heavy atom. The molecule has 2 aliphatic rings. The molecule has 0 aromatic heterocycles. The van der Waals surface area contributed by atoms with Crippen LogP contribution >= 0.6 is 0 Å². The number of amides is 1. The molecule has 22 heavy (non-hydrogen) atoms. The first-order chi connectivity index (χ1) is 10.3. The molecule has 1 N–H and O–H groups in total. The second-order valence-electron chi connectivity index (χ2n) is 6.29. The second kappa shape index (κ2) is 5.26. The lowest BCUT2D eigenvalue weighted by atomic mass is 9.61. The number of aliphatic hydroxyl groups is 1. The lowest BCUT2D eigenvalue weighted by Crippen LogP contribution is -2.53. The van der Waals surface area contributed by atoms with Gasteiger partial charge in [0.1, 0.15) is 0 Å². The maximum absolute atomic E-state index is 12.7. The van der Waals surface area contributed by atoms with Crippen LogP contribution in [-0.2, 0) is 6.18 Å². The number of likely N-dealkylation sites (tertiary alicyclic amines) is 1. The first kappa shape index (κ1) is 15.3. The summed E-state index contributed by atoms with van der Waals surface area (Å²) in [7, 11) is 0. The van der Waals surface area contributed by atoms with Gasteiger partial charge in [-0.2, -0.15) is 13.2 Å². The molecule has 1 saturated heterocycles. The molecule has 1 aromatic rings. The van der Waals surface area contributed by atoms with Crippen LogP contribution in [0.4, 0.5) is 13.2 Å². The molecule has 2 fully saturated rings. The molecule has 120 valence electrons. The van der Waals surface area contributed by atoms with E-state index in [0.717, 1.165) is 37.8 Å². The van der Waals surface area contributed by atoms with E-state index in [1.165, 1.54) is 12.1 Å². The molecule has 1 spiro atoms. The minimum atomic E-state index is -4.45. The van der Waals surface area contributed by atoms with Gasteiger partial charge in [-0.25, -0.2) is 0 Å². The first-order valence-electron chi connectivity index (χ1n) is 7.46. The Kier molecular flexibility index (Phi) is 3.67. The van der Waals surface area contributed by atoms with Crippen molar-refractivity contribution < 1.29 is 23.1 Å². The van der Waals surface area contributed by atoms with E-state index < -0.39 is 11.7 Å². The monoisotopic (exact) mass is 313 g/mol. The van der Waals surface area contributed by atoms with Crippen LogP contribution in [0.3, 0.4) is 0 Å². The summed E-state index contributed by atoms with van der Waals surface area (Å²) in [5.74, 6) is -0.366. The SMILES string of the molecule is O=C(c1cccc(C(F)(F)F)c1)N1CCC2(CCC2O)CC1. The van der Waals surface area contributed by atoms with Gasteiger partial charge in [0, 0.05) is 18.7 Å². The zero-order chi connectivity index (χ0) is 16.0. The lowest BCUT2D eigenvalue weighted by Gasteiger charge is -2.51. The van der Waals surface area contributed by atoms with Gasteiger partial charge in [0.15, 0.2) is 0 Å². The van der Waals surface area contributed by atoms with Crippen molar-refractivity contribution >= 4 is 5.91 Å². The van der Waals surface area contributed by atoms with E-state index in [9.17, 15) is 23.1 Å². The summed E-state index contributed by atoms with van der Waals surface area (Å²) in [6.07, 6.45) is -1.52. The topological polar surface area (TPSA) is 40.5 Å². The van der Waals surface area contributed by atoms with Gasteiger partial charge in [-0.05, 0) is 49.3 Å². The molecule has 0 radical (unpaired) electrons. The predicted octanol–water partition coefficient (Wildman–Crippen LogP) is 3.08. The molecule has 0 bridgehead atoms. The zero-order valence-electron chi connectivity index (χ0n) is 12.1. The number of alkyl halides is 3. The average Bonchev–Trinajstić information content (AvgIpc) is 2.52. The quantitative estimate of drug-likeness (QED) is 0.865. The number of nitrogens with zero attached hydrogens (tertiary/aromatic N) is 1. The van der Waals surface area contributed by atoms with Crippen LogP contribution in [0.25, 0.3) is 0 Å². The summed E-state index contributed by atoms with van der Waals surface area (Å²) in [5, 5.41) is 9.86. The third-order valence-electron chi connectivity index (χ3n) is 5.11. The summed E-state index contributed by atoms with van der Waals surface area (Å²) in [5.41, 5.74) is -0.800. The Morgan fingerprint density at radius 1 is 1.23 bits per heavy atom. The summed E-state index contributed by atoms with van der Waals surface area (Å²) in [4.78, 5) is 14.0. The third kappa shape index (κ3) is 2.60. The average molecular weight is 313 g/mol. The summed E-state index contributed by atoms with van der Waals surface area (Å²) < 4.78 is 38.2. The van der Waals surface area contributed by atoms with Crippen LogP contribution in [0.1, 0.15) is 41.6 Å². The molecule has 1 aliphatic carbocycles. The van der Waals surface area contributed by atoms with Crippen LogP contribution in [0.2, 0.25) is 0 Å². The lowest BCUT2D eigenvalue weighted by molar-refractivity contribution is -0.137. The maximum Gasteiger partial charge on any atom is 0.416 e. The van der Waals surface area contributed by atoms with Crippen molar-refractivity contribution in [2.24, 2.45) is 5.41 Å². The Balaban J connectivity index is 1.70. The number of rotatable bonds is 1. The molecule has 1 aromatic carbocycles. The van der Waals surface area contributed by atoms with Crippen molar-refractivity contribution in [2.45, 2.75) is 38.0 Å². The van der Waals surface area contributed by atoms with E-state index in [0.29, 0.717) is 13.1 Å². The minimum Gasteiger partial charge on any atom is -0.393 e. The highest BCUT2D eigenvalue weighted by Gasteiger charge is 2.47. The van der Waals surface area contributed by atoms with Crippen molar-refractivity contribution in [3.05, 3.63) is 35.4 Å². The van der Waals surface area contributed by atoms with Crippen LogP contribution in [0.5, 0.6) is 0 Å². The van der Waals surface area contributed by atoms with E-state index in [2.05, 4.69) is 0 Å². The molecule has 1 amide bonds. The van der Waals surface area contributed by atoms with Gasteiger partial charge in [-0.1, -0.05) is 6.07 Å². The summed E-state index contributed by atoms with van der Waals surface area (Å²) in [6.45, 7) is 0.984. The fourth-order valence-electron chi connectivity index (χ4n) is 3.43. The molecule has 6 heteroatoms. The van der Waals surface area contributed by atoms with E-state index in [1.807, 2.05) is 0 Å². The molecule has 3 nitrogen and oxygen atoms in total. The highest BCUT2D eigenvalue weighted by molar-refractivity contribution is 5.94. The van der Waals surface area contributed by atoms with Crippen LogP contribution in [0, 0.1) is 5.41 Å². The van der Waals surface area contributed by atoms with Crippen molar-refractivity contribution in [1.29, 1.82) is 0 Å². The highest BCUT2D eigenvalue weighted by Crippen LogP contribution is 2.49. The van der Waals surface area contributed by atoms with Gasteiger partial charge in [0.25, 0.3) is 5.91 Å². The van der Waals surface area contributed by atoms with Crippen molar-refractivity contribution in [3.8, 4) is 0 Å². The van der Waals surface area contributed by atoms with E-state index in [-0.39, 0.29) is 23.0 Å². The minimum absolute atomic E-state index is 0.0649. The molecule has 1 saturated carbocycles. The Labute approximate surface area is 126 Å². The van der Waals surface area contributed by atoms with Crippen molar-refractivity contribution in [3.63, 3.8) is 0 Å². The summed E-state index contributed by atoms with van der Waals surface area (Å²) >= 11 is 0. The van der Waals surface area contributed by atoms with Gasteiger partial charge in [-0.15, -0.1) is 0 Å². The van der Waals surface area contributed by atoms with Gasteiger partial charge < -0.3 is 10.0 Å². The smallest absolute Gasteiger partial charge is 0.393 e. The number of halogens is 3.